The molecule has 5 rings (SSSR count). The standard InChI is InChI=1S/C27H23F4N5O/c28-21-14-18-6-2-3-7-19(18)15-22(21)36-23(16-24(34-36)27(29,30)31)26(37)33-20-10-8-17(9-11-20)25(32)35-12-4-1-5-13-35/h2-3,6-11,14-16,32H,1,4-5,12-13H2,(H,33,37). The Hall–Kier alpha value is -4.21. The number of benzene rings is 3. The van der Waals surface area contributed by atoms with Crippen molar-refractivity contribution >= 4 is 28.2 Å². The number of rotatable bonds is 4. The van der Waals surface area contributed by atoms with Gasteiger partial charge in [0, 0.05) is 30.4 Å². The van der Waals surface area contributed by atoms with E-state index in [-0.39, 0.29) is 5.69 Å². The lowest BCUT2D eigenvalue weighted by atomic mass is 10.1. The number of carbonyl (C=O) groups excluding carboxylic acids is 1. The maximum atomic E-state index is 15.0. The SMILES string of the molecule is N=C(c1ccc(NC(=O)c2cc(C(F)(F)F)nn2-c2cc3ccccc3cc2F)cc1)N1CCCCC1. The maximum absolute atomic E-state index is 15.0. The highest BCUT2D eigenvalue weighted by atomic mass is 19.4. The van der Waals surface area contributed by atoms with Gasteiger partial charge in [-0.25, -0.2) is 9.07 Å². The number of hydrogen-bond donors (Lipinski definition) is 2. The molecule has 1 aromatic heterocycles. The molecule has 0 atom stereocenters. The van der Waals surface area contributed by atoms with Crippen molar-refractivity contribution in [2.24, 2.45) is 0 Å². The van der Waals surface area contributed by atoms with Gasteiger partial charge >= 0.3 is 6.18 Å². The van der Waals surface area contributed by atoms with E-state index < -0.39 is 29.3 Å². The average molecular weight is 510 g/mol. The molecular weight excluding hydrogens is 486 g/mol. The second-order valence-electron chi connectivity index (χ2n) is 8.90. The minimum Gasteiger partial charge on any atom is -0.357 e. The smallest absolute Gasteiger partial charge is 0.357 e. The molecule has 0 spiro atoms. The number of aromatic nitrogens is 2. The fourth-order valence-electron chi connectivity index (χ4n) is 4.43. The average Bonchev–Trinajstić information content (AvgIpc) is 3.35. The number of anilines is 1. The van der Waals surface area contributed by atoms with Crippen molar-refractivity contribution in [3.05, 3.63) is 89.5 Å². The quantitative estimate of drug-likeness (QED) is 0.194. The van der Waals surface area contributed by atoms with Gasteiger partial charge in [0.1, 0.15) is 23.0 Å². The van der Waals surface area contributed by atoms with Crippen molar-refractivity contribution in [2.75, 3.05) is 18.4 Å². The van der Waals surface area contributed by atoms with Crippen molar-refractivity contribution in [2.45, 2.75) is 25.4 Å². The van der Waals surface area contributed by atoms with E-state index in [1.165, 1.54) is 12.1 Å². The highest BCUT2D eigenvalue weighted by Gasteiger charge is 2.36. The lowest BCUT2D eigenvalue weighted by Crippen LogP contribution is -2.35. The number of nitrogens with zero attached hydrogens (tertiary/aromatic N) is 3. The van der Waals surface area contributed by atoms with E-state index in [0.29, 0.717) is 38.6 Å². The summed E-state index contributed by atoms with van der Waals surface area (Å²) in [7, 11) is 0. The van der Waals surface area contributed by atoms with E-state index in [9.17, 15) is 22.4 Å². The molecule has 2 N–H and O–H groups in total. The van der Waals surface area contributed by atoms with Gasteiger partial charge in [-0.2, -0.15) is 18.3 Å². The van der Waals surface area contributed by atoms with Crippen LogP contribution in [-0.4, -0.2) is 39.5 Å². The summed E-state index contributed by atoms with van der Waals surface area (Å²) < 4.78 is 56.1. The van der Waals surface area contributed by atoms with Gasteiger partial charge in [-0.3, -0.25) is 10.2 Å². The molecule has 190 valence electrons. The van der Waals surface area contributed by atoms with E-state index in [0.717, 1.165) is 32.4 Å². The number of halogens is 4. The van der Waals surface area contributed by atoms with Crippen molar-refractivity contribution in [3.8, 4) is 5.69 Å². The third-order valence-electron chi connectivity index (χ3n) is 6.36. The molecule has 0 saturated carbocycles. The van der Waals surface area contributed by atoms with Crippen LogP contribution in [0.1, 0.15) is 41.0 Å². The highest BCUT2D eigenvalue weighted by Crippen LogP contribution is 2.31. The molecule has 1 saturated heterocycles. The van der Waals surface area contributed by atoms with E-state index in [1.807, 2.05) is 4.90 Å². The Balaban J connectivity index is 1.44. The number of likely N-dealkylation sites (tertiary alicyclic amines) is 1. The van der Waals surface area contributed by atoms with Gasteiger partial charge in [0.2, 0.25) is 0 Å². The van der Waals surface area contributed by atoms with Gasteiger partial charge in [0.05, 0.1) is 0 Å². The summed E-state index contributed by atoms with van der Waals surface area (Å²) in [6.45, 7) is 1.63. The largest absolute Gasteiger partial charge is 0.435 e. The molecule has 0 unspecified atom stereocenters. The summed E-state index contributed by atoms with van der Waals surface area (Å²) >= 11 is 0. The minimum absolute atomic E-state index is 0.273. The monoisotopic (exact) mass is 509 g/mol. The van der Waals surface area contributed by atoms with E-state index in [2.05, 4.69) is 10.4 Å². The first kappa shape index (κ1) is 24.5. The summed E-state index contributed by atoms with van der Waals surface area (Å²) in [6.07, 6.45) is -1.63. The van der Waals surface area contributed by atoms with Crippen LogP contribution in [0.4, 0.5) is 23.2 Å². The first-order chi connectivity index (χ1) is 17.7. The maximum Gasteiger partial charge on any atom is 0.435 e. The lowest BCUT2D eigenvalue weighted by molar-refractivity contribution is -0.141. The zero-order chi connectivity index (χ0) is 26.2. The molecule has 1 fully saturated rings. The van der Waals surface area contributed by atoms with Crippen molar-refractivity contribution in [1.82, 2.24) is 14.7 Å². The highest BCUT2D eigenvalue weighted by molar-refractivity contribution is 6.04. The lowest BCUT2D eigenvalue weighted by Gasteiger charge is -2.29. The van der Waals surface area contributed by atoms with Crippen molar-refractivity contribution in [3.63, 3.8) is 0 Å². The third-order valence-corrected chi connectivity index (χ3v) is 6.36. The molecule has 0 radical (unpaired) electrons. The van der Waals surface area contributed by atoms with Crippen LogP contribution < -0.4 is 5.32 Å². The van der Waals surface area contributed by atoms with E-state index >= 15 is 0 Å². The summed E-state index contributed by atoms with van der Waals surface area (Å²) in [6, 6.07) is 16.5. The third kappa shape index (κ3) is 5.04. The van der Waals surface area contributed by atoms with Gasteiger partial charge in [-0.15, -0.1) is 0 Å². The summed E-state index contributed by atoms with van der Waals surface area (Å²) in [5.41, 5.74) is -1.06. The van der Waals surface area contributed by atoms with Crippen LogP contribution in [0.15, 0.2) is 66.7 Å². The molecule has 10 heteroatoms. The Kier molecular flexibility index (Phi) is 6.41. The number of hydrogen-bond acceptors (Lipinski definition) is 3. The van der Waals surface area contributed by atoms with Crippen LogP contribution >= 0.6 is 0 Å². The number of amidine groups is 1. The Morgan fingerprint density at radius 1 is 0.919 bits per heavy atom. The molecule has 0 bridgehead atoms. The van der Waals surface area contributed by atoms with Crippen LogP contribution in [0.25, 0.3) is 16.5 Å². The van der Waals surface area contributed by atoms with Crippen LogP contribution in [0.2, 0.25) is 0 Å². The van der Waals surface area contributed by atoms with Crippen LogP contribution in [-0.2, 0) is 6.18 Å². The molecule has 1 aliphatic rings. The zero-order valence-electron chi connectivity index (χ0n) is 19.6. The molecule has 3 aromatic carbocycles. The summed E-state index contributed by atoms with van der Waals surface area (Å²) in [5, 5.41) is 15.7. The van der Waals surface area contributed by atoms with Crippen LogP contribution in [0, 0.1) is 11.2 Å². The van der Waals surface area contributed by atoms with Gasteiger partial charge in [-0.05, 0) is 66.4 Å². The molecule has 0 aliphatic carbocycles. The number of piperidine rings is 1. The Bertz CT molecular complexity index is 1470. The fourth-order valence-corrected chi connectivity index (χ4v) is 4.43. The van der Waals surface area contributed by atoms with Gasteiger partial charge in [0.25, 0.3) is 5.91 Å². The van der Waals surface area contributed by atoms with Crippen molar-refractivity contribution in [1.29, 1.82) is 5.41 Å². The Morgan fingerprint density at radius 2 is 1.57 bits per heavy atom. The van der Waals surface area contributed by atoms with Gasteiger partial charge in [0.15, 0.2) is 5.69 Å². The number of fused-ring (bicyclic) bond motifs is 1. The molecular formula is C27H23F4N5O. The number of alkyl halides is 3. The molecule has 1 aliphatic heterocycles. The predicted molar refractivity (Wildman–Crippen MR) is 133 cm³/mol. The van der Waals surface area contributed by atoms with Crippen LogP contribution in [0.3, 0.4) is 0 Å². The number of nitrogens with one attached hydrogen (secondary N) is 2. The second kappa shape index (κ2) is 9.68. The first-order valence-corrected chi connectivity index (χ1v) is 11.8. The summed E-state index contributed by atoms with van der Waals surface area (Å²) in [5.74, 6) is -1.31. The first-order valence-electron chi connectivity index (χ1n) is 11.8. The van der Waals surface area contributed by atoms with Crippen molar-refractivity contribution < 1.29 is 22.4 Å². The predicted octanol–water partition coefficient (Wildman–Crippen LogP) is 6.25. The normalized spacial score (nSPS) is 14.1. The van der Waals surface area contributed by atoms with Crippen LogP contribution in [0.5, 0.6) is 0 Å². The van der Waals surface area contributed by atoms with Gasteiger partial charge < -0.3 is 10.2 Å². The number of carbonyl (C=O) groups is 1. The molecule has 4 aromatic rings. The number of amides is 1. The molecule has 37 heavy (non-hydrogen) atoms. The minimum atomic E-state index is -4.83. The Labute approximate surface area is 210 Å². The van der Waals surface area contributed by atoms with E-state index in [4.69, 9.17) is 5.41 Å². The second-order valence-corrected chi connectivity index (χ2v) is 8.90. The molecule has 1 amide bonds. The Morgan fingerprint density at radius 3 is 2.22 bits per heavy atom. The zero-order valence-corrected chi connectivity index (χ0v) is 19.6. The van der Waals surface area contributed by atoms with Gasteiger partial charge in [-0.1, -0.05) is 24.3 Å². The van der Waals surface area contributed by atoms with E-state index in [1.54, 1.807) is 48.5 Å². The molecule has 2 heterocycles. The summed E-state index contributed by atoms with van der Waals surface area (Å²) in [4.78, 5) is 15.1. The molecule has 6 nitrogen and oxygen atoms in total. The topological polar surface area (TPSA) is 74.0 Å². The fraction of sp³-hybridized carbons (Fsp3) is 0.222.